The summed E-state index contributed by atoms with van der Waals surface area (Å²) in [6.07, 6.45) is 0. The molecule has 0 aromatic heterocycles. The minimum atomic E-state index is 0. The third-order valence-electron chi connectivity index (χ3n) is 3.61. The summed E-state index contributed by atoms with van der Waals surface area (Å²) in [6, 6.07) is 26.1. The minimum absolute atomic E-state index is 0. The quantitative estimate of drug-likeness (QED) is 0.240. The van der Waals surface area contributed by atoms with Gasteiger partial charge in [0, 0.05) is 29.6 Å². The SMILES string of the molecule is [Na].c1ccc2cc3c(ccc4ccccc43)cc2c1. The molecule has 4 aromatic carbocycles. The third-order valence-corrected chi connectivity index (χ3v) is 3.61. The van der Waals surface area contributed by atoms with Gasteiger partial charge in [0.05, 0.1) is 0 Å². The largest absolute Gasteiger partial charge is 0.0616 e. The molecule has 0 heterocycles. The molecule has 4 aromatic rings. The van der Waals surface area contributed by atoms with Gasteiger partial charge in [-0.05, 0) is 44.5 Å². The Labute approximate surface area is 134 Å². The van der Waals surface area contributed by atoms with Crippen molar-refractivity contribution in [1.29, 1.82) is 0 Å². The summed E-state index contributed by atoms with van der Waals surface area (Å²) in [6.45, 7) is 0. The molecular formula is C18H12Na. The van der Waals surface area contributed by atoms with Gasteiger partial charge in [0.1, 0.15) is 0 Å². The molecule has 4 rings (SSSR count). The molecule has 19 heavy (non-hydrogen) atoms. The fourth-order valence-corrected chi connectivity index (χ4v) is 2.70. The molecule has 0 fully saturated rings. The van der Waals surface area contributed by atoms with Crippen molar-refractivity contribution in [3.8, 4) is 0 Å². The number of hydrogen-bond acceptors (Lipinski definition) is 0. The first kappa shape index (κ1) is 12.7. The fourth-order valence-electron chi connectivity index (χ4n) is 2.70. The normalized spacial score (nSPS) is 10.7. The summed E-state index contributed by atoms with van der Waals surface area (Å²) in [5.41, 5.74) is 0. The Kier molecular flexibility index (Phi) is 3.32. The standard InChI is InChI=1S/C18H12.Na/c1-2-7-15-12-18-16(11-14(15)6-1)10-9-13-5-3-4-8-17(13)18;/h1-12H;. The van der Waals surface area contributed by atoms with Crippen LogP contribution in [0.3, 0.4) is 0 Å². The Balaban J connectivity index is 0.00000110. The monoisotopic (exact) mass is 251 g/mol. The van der Waals surface area contributed by atoms with Gasteiger partial charge in [-0.1, -0.05) is 60.7 Å². The molecule has 0 spiro atoms. The van der Waals surface area contributed by atoms with Crippen LogP contribution in [0.5, 0.6) is 0 Å². The van der Waals surface area contributed by atoms with E-state index in [1.54, 1.807) is 0 Å². The van der Waals surface area contributed by atoms with Crippen LogP contribution in [0.25, 0.3) is 32.3 Å². The van der Waals surface area contributed by atoms with Crippen LogP contribution >= 0.6 is 0 Å². The van der Waals surface area contributed by atoms with Gasteiger partial charge in [0.15, 0.2) is 0 Å². The average molecular weight is 251 g/mol. The molecule has 1 heteroatoms. The fraction of sp³-hybridized carbons (Fsp3) is 0. The molecule has 0 aliphatic heterocycles. The van der Waals surface area contributed by atoms with Gasteiger partial charge in [-0.3, -0.25) is 0 Å². The second-order valence-corrected chi connectivity index (χ2v) is 4.71. The molecule has 0 bridgehead atoms. The number of benzene rings is 4. The van der Waals surface area contributed by atoms with E-state index in [4.69, 9.17) is 0 Å². The van der Waals surface area contributed by atoms with E-state index in [0.717, 1.165) is 0 Å². The van der Waals surface area contributed by atoms with Gasteiger partial charge in [-0.15, -0.1) is 0 Å². The van der Waals surface area contributed by atoms with Crippen molar-refractivity contribution < 1.29 is 0 Å². The van der Waals surface area contributed by atoms with Crippen molar-refractivity contribution in [2.45, 2.75) is 0 Å². The summed E-state index contributed by atoms with van der Waals surface area (Å²) in [5.74, 6) is 0. The van der Waals surface area contributed by atoms with Crippen LogP contribution in [0.1, 0.15) is 0 Å². The summed E-state index contributed by atoms with van der Waals surface area (Å²) >= 11 is 0. The maximum atomic E-state index is 2.30. The van der Waals surface area contributed by atoms with E-state index in [1.807, 2.05) is 0 Å². The Morgan fingerprint density at radius 2 is 1.00 bits per heavy atom. The van der Waals surface area contributed by atoms with E-state index in [0.29, 0.717) is 0 Å². The Morgan fingerprint density at radius 1 is 0.421 bits per heavy atom. The van der Waals surface area contributed by atoms with Gasteiger partial charge >= 0.3 is 0 Å². The van der Waals surface area contributed by atoms with Crippen molar-refractivity contribution in [3.63, 3.8) is 0 Å². The molecule has 0 saturated heterocycles. The number of hydrogen-bond donors (Lipinski definition) is 0. The predicted octanol–water partition coefficient (Wildman–Crippen LogP) is 4.77. The summed E-state index contributed by atoms with van der Waals surface area (Å²) < 4.78 is 0. The Morgan fingerprint density at radius 3 is 1.79 bits per heavy atom. The van der Waals surface area contributed by atoms with Crippen LogP contribution in [-0.2, 0) is 0 Å². The molecule has 0 amide bonds. The van der Waals surface area contributed by atoms with Gasteiger partial charge in [-0.25, -0.2) is 0 Å². The average Bonchev–Trinajstić information content (AvgIpc) is 2.45. The molecule has 0 atom stereocenters. The van der Waals surface area contributed by atoms with Gasteiger partial charge in [0.2, 0.25) is 0 Å². The van der Waals surface area contributed by atoms with Crippen LogP contribution in [-0.4, -0.2) is 29.6 Å². The predicted molar refractivity (Wildman–Crippen MR) is 84.7 cm³/mol. The first-order valence-electron chi connectivity index (χ1n) is 6.22. The zero-order valence-corrected chi connectivity index (χ0v) is 12.9. The number of fused-ring (bicyclic) bond motifs is 4. The van der Waals surface area contributed by atoms with Crippen molar-refractivity contribution in [2.24, 2.45) is 0 Å². The van der Waals surface area contributed by atoms with Crippen molar-refractivity contribution in [3.05, 3.63) is 72.8 Å². The molecule has 85 valence electrons. The van der Waals surface area contributed by atoms with E-state index in [9.17, 15) is 0 Å². The molecule has 0 saturated carbocycles. The van der Waals surface area contributed by atoms with Crippen LogP contribution in [0.2, 0.25) is 0 Å². The van der Waals surface area contributed by atoms with Gasteiger partial charge in [0.25, 0.3) is 0 Å². The van der Waals surface area contributed by atoms with Crippen LogP contribution < -0.4 is 0 Å². The number of rotatable bonds is 0. The van der Waals surface area contributed by atoms with Gasteiger partial charge in [-0.2, -0.15) is 0 Å². The van der Waals surface area contributed by atoms with Crippen LogP contribution in [0, 0.1) is 0 Å². The second-order valence-electron chi connectivity index (χ2n) is 4.71. The second kappa shape index (κ2) is 4.97. The molecular weight excluding hydrogens is 239 g/mol. The van der Waals surface area contributed by atoms with Crippen LogP contribution in [0.15, 0.2) is 72.8 Å². The van der Waals surface area contributed by atoms with Crippen LogP contribution in [0.4, 0.5) is 0 Å². The molecule has 1 radical (unpaired) electrons. The van der Waals surface area contributed by atoms with E-state index in [1.165, 1.54) is 32.3 Å². The minimum Gasteiger partial charge on any atom is -0.0616 e. The zero-order chi connectivity index (χ0) is 11.9. The van der Waals surface area contributed by atoms with E-state index in [2.05, 4.69) is 72.8 Å². The molecule has 0 unspecified atom stereocenters. The maximum Gasteiger partial charge on any atom is 0 e. The third kappa shape index (κ3) is 2.06. The Bertz CT molecular complexity index is 872. The maximum absolute atomic E-state index is 2.30. The zero-order valence-electron chi connectivity index (χ0n) is 10.9. The Hall–Kier alpha value is -1.34. The van der Waals surface area contributed by atoms with E-state index < -0.39 is 0 Å². The van der Waals surface area contributed by atoms with E-state index in [-0.39, 0.29) is 29.6 Å². The molecule has 0 aliphatic rings. The van der Waals surface area contributed by atoms with Crippen molar-refractivity contribution >= 4 is 61.9 Å². The smallest absolute Gasteiger partial charge is 0 e. The molecule has 0 aliphatic carbocycles. The summed E-state index contributed by atoms with van der Waals surface area (Å²) in [4.78, 5) is 0. The van der Waals surface area contributed by atoms with Gasteiger partial charge < -0.3 is 0 Å². The summed E-state index contributed by atoms with van der Waals surface area (Å²) in [7, 11) is 0. The van der Waals surface area contributed by atoms with Crippen molar-refractivity contribution in [1.82, 2.24) is 0 Å². The van der Waals surface area contributed by atoms with E-state index >= 15 is 0 Å². The first-order chi connectivity index (χ1) is 8.92. The first-order valence-corrected chi connectivity index (χ1v) is 6.22. The molecule has 0 N–H and O–H groups in total. The summed E-state index contributed by atoms with van der Waals surface area (Å²) in [5, 5.41) is 7.90. The molecule has 0 nitrogen and oxygen atoms in total. The van der Waals surface area contributed by atoms with Crippen molar-refractivity contribution in [2.75, 3.05) is 0 Å². The topological polar surface area (TPSA) is 0 Å².